The van der Waals surface area contributed by atoms with Gasteiger partial charge in [-0.25, -0.2) is 13.4 Å². The predicted octanol–water partition coefficient (Wildman–Crippen LogP) is 2.76. The van der Waals surface area contributed by atoms with Gasteiger partial charge in [-0.3, -0.25) is 9.10 Å². The van der Waals surface area contributed by atoms with Crippen LogP contribution in [0.5, 0.6) is 5.88 Å². The number of aromatic nitrogens is 1. The highest BCUT2D eigenvalue weighted by Gasteiger charge is 2.39. The maximum atomic E-state index is 12.4. The van der Waals surface area contributed by atoms with Crippen LogP contribution in [-0.4, -0.2) is 55.7 Å². The van der Waals surface area contributed by atoms with E-state index in [0.29, 0.717) is 24.7 Å². The van der Waals surface area contributed by atoms with E-state index in [1.54, 1.807) is 19.2 Å². The molecule has 7 nitrogen and oxygen atoms in total. The van der Waals surface area contributed by atoms with Gasteiger partial charge in [-0.15, -0.1) is 0 Å². The molecule has 4 rings (SSSR count). The molecule has 1 saturated carbocycles. The first-order valence-corrected chi connectivity index (χ1v) is 11.8. The molecular weight excluding hydrogens is 398 g/mol. The normalized spacial score (nSPS) is 18.1. The Morgan fingerprint density at radius 1 is 1.21 bits per heavy atom. The van der Waals surface area contributed by atoms with Gasteiger partial charge < -0.3 is 9.64 Å². The molecular formula is C19H23N3O4S2. The van der Waals surface area contributed by atoms with Crippen LogP contribution in [-0.2, 0) is 10.0 Å². The van der Waals surface area contributed by atoms with E-state index in [0.717, 1.165) is 31.2 Å². The topological polar surface area (TPSA) is 79.8 Å². The molecule has 2 aromatic heterocycles. The van der Waals surface area contributed by atoms with Crippen molar-refractivity contribution in [2.45, 2.75) is 37.0 Å². The molecule has 1 saturated heterocycles. The lowest BCUT2D eigenvalue weighted by Gasteiger charge is -2.31. The van der Waals surface area contributed by atoms with Gasteiger partial charge >= 0.3 is 0 Å². The fourth-order valence-electron chi connectivity index (χ4n) is 3.28. The van der Waals surface area contributed by atoms with Gasteiger partial charge in [0.15, 0.2) is 0 Å². The first-order chi connectivity index (χ1) is 13.4. The van der Waals surface area contributed by atoms with Crippen molar-refractivity contribution in [2.24, 2.45) is 0 Å². The Kier molecular flexibility index (Phi) is 5.29. The minimum absolute atomic E-state index is 0.00204. The Morgan fingerprint density at radius 2 is 1.96 bits per heavy atom. The maximum absolute atomic E-state index is 12.4. The molecule has 1 aliphatic heterocycles. The maximum Gasteiger partial charge on any atom is 0.254 e. The molecule has 0 bridgehead atoms. The van der Waals surface area contributed by atoms with Gasteiger partial charge in [0.1, 0.15) is 6.10 Å². The number of likely N-dealkylation sites (tertiary alicyclic amines) is 1. The monoisotopic (exact) mass is 421 g/mol. The molecule has 150 valence electrons. The van der Waals surface area contributed by atoms with Crippen LogP contribution < -0.4 is 9.04 Å². The Bertz CT molecular complexity index is 917. The lowest BCUT2D eigenvalue weighted by molar-refractivity contribution is 0.0588. The van der Waals surface area contributed by atoms with Gasteiger partial charge in [0.25, 0.3) is 5.91 Å². The van der Waals surface area contributed by atoms with E-state index in [1.165, 1.54) is 21.8 Å². The molecule has 28 heavy (non-hydrogen) atoms. The second-order valence-electron chi connectivity index (χ2n) is 7.19. The number of anilines is 1. The van der Waals surface area contributed by atoms with E-state index < -0.39 is 10.0 Å². The molecule has 0 radical (unpaired) electrons. The van der Waals surface area contributed by atoms with Crippen LogP contribution in [0.25, 0.3) is 0 Å². The van der Waals surface area contributed by atoms with Crippen molar-refractivity contribution in [3.63, 3.8) is 0 Å². The van der Waals surface area contributed by atoms with Crippen LogP contribution >= 0.6 is 11.3 Å². The Hall–Kier alpha value is -2.13. The van der Waals surface area contributed by atoms with E-state index in [1.807, 2.05) is 21.7 Å². The van der Waals surface area contributed by atoms with Gasteiger partial charge in [-0.05, 0) is 30.4 Å². The second-order valence-corrected chi connectivity index (χ2v) is 10.2. The van der Waals surface area contributed by atoms with Crippen LogP contribution in [0.3, 0.4) is 0 Å². The van der Waals surface area contributed by atoms with Gasteiger partial charge in [0.05, 0.1) is 22.7 Å². The molecule has 0 unspecified atom stereocenters. The van der Waals surface area contributed by atoms with Gasteiger partial charge in [0, 0.05) is 44.4 Å². The highest BCUT2D eigenvalue weighted by molar-refractivity contribution is 7.93. The number of nitrogens with zero attached hydrogens (tertiary/aromatic N) is 3. The number of carbonyl (C=O) groups excluding carboxylic acids is 1. The number of rotatable bonds is 6. The molecule has 0 N–H and O–H groups in total. The zero-order valence-corrected chi connectivity index (χ0v) is 17.3. The van der Waals surface area contributed by atoms with Crippen molar-refractivity contribution in [1.29, 1.82) is 0 Å². The summed E-state index contributed by atoms with van der Waals surface area (Å²) in [7, 11) is -1.72. The van der Waals surface area contributed by atoms with Crippen molar-refractivity contribution in [2.75, 3.05) is 24.4 Å². The number of pyridine rings is 1. The van der Waals surface area contributed by atoms with Gasteiger partial charge in [0.2, 0.25) is 15.9 Å². The summed E-state index contributed by atoms with van der Waals surface area (Å²) in [6.45, 7) is 1.31. The van der Waals surface area contributed by atoms with Gasteiger partial charge in [-0.1, -0.05) is 0 Å². The number of sulfonamides is 1. The van der Waals surface area contributed by atoms with E-state index in [-0.39, 0.29) is 17.3 Å². The van der Waals surface area contributed by atoms with Crippen LogP contribution in [0.4, 0.5) is 5.69 Å². The summed E-state index contributed by atoms with van der Waals surface area (Å²) >= 11 is 1.52. The lowest BCUT2D eigenvalue weighted by atomic mass is 10.1. The second kappa shape index (κ2) is 7.71. The first-order valence-electron chi connectivity index (χ1n) is 9.37. The summed E-state index contributed by atoms with van der Waals surface area (Å²) in [5.41, 5.74) is 1.28. The van der Waals surface area contributed by atoms with E-state index in [2.05, 4.69) is 4.98 Å². The largest absolute Gasteiger partial charge is 0.474 e. The average Bonchev–Trinajstić information content (AvgIpc) is 3.44. The third-order valence-electron chi connectivity index (χ3n) is 5.20. The summed E-state index contributed by atoms with van der Waals surface area (Å²) in [5.74, 6) is 0.547. The number of amides is 1. The smallest absolute Gasteiger partial charge is 0.254 e. The molecule has 0 spiro atoms. The van der Waals surface area contributed by atoms with Crippen LogP contribution in [0.1, 0.15) is 36.0 Å². The van der Waals surface area contributed by atoms with Gasteiger partial charge in [-0.2, -0.15) is 11.3 Å². The molecule has 2 fully saturated rings. The highest BCUT2D eigenvalue weighted by Crippen LogP contribution is 2.33. The van der Waals surface area contributed by atoms with Crippen molar-refractivity contribution >= 4 is 33.0 Å². The predicted molar refractivity (Wildman–Crippen MR) is 108 cm³/mol. The minimum Gasteiger partial charge on any atom is -0.474 e. The number of hydrogen-bond donors (Lipinski definition) is 0. The third kappa shape index (κ3) is 4.00. The highest BCUT2D eigenvalue weighted by atomic mass is 32.2. The number of carbonyl (C=O) groups is 1. The van der Waals surface area contributed by atoms with Crippen LogP contribution in [0.2, 0.25) is 0 Å². The molecule has 0 aromatic carbocycles. The average molecular weight is 422 g/mol. The number of thiophene rings is 1. The molecule has 1 aliphatic carbocycles. The van der Waals surface area contributed by atoms with Crippen molar-refractivity contribution in [3.05, 3.63) is 40.7 Å². The van der Waals surface area contributed by atoms with E-state index in [9.17, 15) is 13.2 Å². The SMILES string of the molecule is CN(c1ccc(OC2CCN(C(=O)c3ccsc3)CC2)nc1)S(=O)(=O)C1CC1. The number of hydrogen-bond acceptors (Lipinski definition) is 6. The third-order valence-corrected chi connectivity index (χ3v) is 8.17. The fourth-order valence-corrected chi connectivity index (χ4v) is 5.49. The molecule has 2 aliphatic rings. The number of ether oxygens (including phenoxy) is 1. The standard InChI is InChI=1S/C19H23N3O4S2/c1-21(28(24,25)17-3-4-17)15-2-5-18(20-12-15)26-16-6-9-22(10-7-16)19(23)14-8-11-27-13-14/h2,5,8,11-13,16-17H,3-4,6-7,9-10H2,1H3. The molecule has 2 aromatic rings. The summed E-state index contributed by atoms with van der Waals surface area (Å²) in [6, 6.07) is 5.27. The Labute approximate surface area is 169 Å². The van der Waals surface area contributed by atoms with Crippen LogP contribution in [0, 0.1) is 0 Å². The van der Waals surface area contributed by atoms with Crippen molar-refractivity contribution in [1.82, 2.24) is 9.88 Å². The first kappa shape index (κ1) is 19.2. The molecule has 3 heterocycles. The van der Waals surface area contributed by atoms with Crippen LogP contribution in [0.15, 0.2) is 35.2 Å². The Morgan fingerprint density at radius 3 is 2.54 bits per heavy atom. The number of piperidine rings is 1. The summed E-state index contributed by atoms with van der Waals surface area (Å²) < 4.78 is 31.8. The summed E-state index contributed by atoms with van der Waals surface area (Å²) in [4.78, 5) is 18.5. The molecule has 0 atom stereocenters. The zero-order chi connectivity index (χ0) is 19.7. The van der Waals surface area contributed by atoms with E-state index >= 15 is 0 Å². The summed E-state index contributed by atoms with van der Waals surface area (Å²) in [5, 5.41) is 3.53. The summed E-state index contributed by atoms with van der Waals surface area (Å²) in [6.07, 6.45) is 4.48. The van der Waals surface area contributed by atoms with Crippen molar-refractivity contribution in [3.8, 4) is 5.88 Å². The molecule has 1 amide bonds. The van der Waals surface area contributed by atoms with E-state index in [4.69, 9.17) is 4.74 Å². The fraction of sp³-hybridized carbons (Fsp3) is 0.474. The quantitative estimate of drug-likeness (QED) is 0.717. The lowest BCUT2D eigenvalue weighted by Crippen LogP contribution is -2.41. The molecule has 9 heteroatoms. The zero-order valence-electron chi connectivity index (χ0n) is 15.7. The minimum atomic E-state index is -3.28. The van der Waals surface area contributed by atoms with Crippen molar-refractivity contribution < 1.29 is 17.9 Å². The Balaban J connectivity index is 1.31.